The molecule has 4 heterocycles. The van der Waals surface area contributed by atoms with E-state index in [4.69, 9.17) is 21.1 Å². The molecule has 6 aromatic rings. The number of carbonyl (C=O) groups is 2. The molecule has 11 heteroatoms. The molecule has 2 amide bonds. The average molecular weight is 757 g/mol. The molecule has 0 spiro atoms. The lowest BCUT2D eigenvalue weighted by molar-refractivity contribution is 0.0193. The third-order valence-corrected chi connectivity index (χ3v) is 11.6. The largest absolute Gasteiger partial charge is 0.496 e. The van der Waals surface area contributed by atoms with Crippen molar-refractivity contribution in [1.29, 1.82) is 0 Å². The maximum atomic E-state index is 14.9. The summed E-state index contributed by atoms with van der Waals surface area (Å²) in [5.74, 6) is 0.531. The number of hydrogen-bond donors (Lipinski definition) is 1. The highest BCUT2D eigenvalue weighted by Crippen LogP contribution is 2.35. The van der Waals surface area contributed by atoms with Gasteiger partial charge in [0.25, 0.3) is 11.8 Å². The number of aromatic nitrogens is 3. The van der Waals surface area contributed by atoms with Gasteiger partial charge >= 0.3 is 0 Å². The van der Waals surface area contributed by atoms with E-state index in [2.05, 4.69) is 33.3 Å². The van der Waals surface area contributed by atoms with Crippen molar-refractivity contribution >= 4 is 40.0 Å². The predicted octanol–water partition coefficient (Wildman–Crippen LogP) is 7.59. The number of halogens is 1. The number of methoxy groups -OCH3 is 1. The molecule has 8 rings (SSSR count). The van der Waals surface area contributed by atoms with Gasteiger partial charge in [0.05, 0.1) is 44.1 Å². The van der Waals surface area contributed by atoms with Gasteiger partial charge in [-0.25, -0.2) is 0 Å². The van der Waals surface area contributed by atoms with E-state index in [1.165, 1.54) is 5.56 Å². The van der Waals surface area contributed by atoms with Crippen molar-refractivity contribution in [3.63, 3.8) is 0 Å². The number of aromatic amines is 1. The Morgan fingerprint density at radius 3 is 2.56 bits per heavy atom. The van der Waals surface area contributed by atoms with Crippen molar-refractivity contribution in [2.45, 2.75) is 39.4 Å². The summed E-state index contributed by atoms with van der Waals surface area (Å²) < 4.78 is 13.2. The molecule has 0 radical (unpaired) electrons. The standard InChI is InChI=1S/C44H45ClN6O4/c1-28-31(10-7-11-42(28)54-4)25-50(35-13-15-40-33(21-35)24-46-47-40)44(53)38-23-41(48(3)29(38)2)39-22-34(45)12-14-37(39)43(52)51-26-32-9-6-5-8-30(32)20-36(51)27-49-16-18-55-19-17-49/h5-15,21-24,36H,16-20,25-27H2,1-4H3,(H,46,47). The monoisotopic (exact) mass is 756 g/mol. The van der Waals surface area contributed by atoms with E-state index in [1.54, 1.807) is 24.3 Å². The number of rotatable bonds is 9. The Balaban J connectivity index is 1.17. The SMILES string of the molecule is COc1cccc(CN(C(=O)c2cc(-c3cc(Cl)ccc3C(=O)N3Cc4ccccc4CC3CN3CCOCC3)n(C)c2C)c2ccc3[nH]ncc3c2)c1C. The lowest BCUT2D eigenvalue weighted by Gasteiger charge is -2.40. The van der Waals surface area contributed by atoms with E-state index < -0.39 is 0 Å². The molecule has 0 bridgehead atoms. The van der Waals surface area contributed by atoms with Gasteiger partial charge in [-0.15, -0.1) is 0 Å². The van der Waals surface area contributed by atoms with Gasteiger partial charge in [-0.05, 0) is 91.1 Å². The zero-order valence-electron chi connectivity index (χ0n) is 31.6. The number of ether oxygens (including phenoxy) is 2. The number of carbonyl (C=O) groups excluding carboxylic acids is 2. The molecule has 282 valence electrons. The minimum absolute atomic E-state index is 0.0162. The minimum Gasteiger partial charge on any atom is -0.496 e. The van der Waals surface area contributed by atoms with Crippen LogP contribution in [0.4, 0.5) is 5.69 Å². The lowest BCUT2D eigenvalue weighted by atomic mass is 9.92. The second-order valence-corrected chi connectivity index (χ2v) is 15.0. The summed E-state index contributed by atoms with van der Waals surface area (Å²) in [6, 6.07) is 27.5. The first-order valence-corrected chi connectivity index (χ1v) is 19.1. The molecular formula is C44H45ClN6O4. The Bertz CT molecular complexity index is 2400. The van der Waals surface area contributed by atoms with Crippen LogP contribution in [0.2, 0.25) is 5.02 Å². The number of nitrogens with zero attached hydrogens (tertiary/aromatic N) is 5. The van der Waals surface area contributed by atoms with Crippen molar-refractivity contribution in [2.24, 2.45) is 7.05 Å². The van der Waals surface area contributed by atoms with E-state index >= 15 is 0 Å². The van der Waals surface area contributed by atoms with Crippen LogP contribution >= 0.6 is 11.6 Å². The summed E-state index contributed by atoms with van der Waals surface area (Å²) >= 11 is 6.70. The number of hydrogen-bond acceptors (Lipinski definition) is 6. The van der Waals surface area contributed by atoms with E-state index in [9.17, 15) is 9.59 Å². The molecule has 2 aliphatic rings. The number of morpholine rings is 1. The molecule has 1 atom stereocenters. The maximum Gasteiger partial charge on any atom is 0.260 e. The molecular weight excluding hydrogens is 712 g/mol. The normalized spacial score (nSPS) is 15.9. The van der Waals surface area contributed by atoms with Crippen molar-refractivity contribution in [2.75, 3.05) is 44.9 Å². The van der Waals surface area contributed by atoms with Gasteiger partial charge in [-0.2, -0.15) is 5.10 Å². The van der Waals surface area contributed by atoms with Crippen LogP contribution in [0.25, 0.3) is 22.2 Å². The summed E-state index contributed by atoms with van der Waals surface area (Å²) in [4.78, 5) is 36.1. The summed E-state index contributed by atoms with van der Waals surface area (Å²) in [7, 11) is 3.59. The Morgan fingerprint density at radius 1 is 0.964 bits per heavy atom. The highest BCUT2D eigenvalue weighted by Gasteiger charge is 2.34. The Hall–Kier alpha value is -5.42. The van der Waals surface area contributed by atoms with Gasteiger partial charge in [0.1, 0.15) is 5.75 Å². The van der Waals surface area contributed by atoms with E-state index in [-0.39, 0.29) is 17.9 Å². The Kier molecular flexibility index (Phi) is 10.2. The van der Waals surface area contributed by atoms with Crippen LogP contribution in [0.15, 0.2) is 91.1 Å². The first-order valence-electron chi connectivity index (χ1n) is 18.7. The quantitative estimate of drug-likeness (QED) is 0.163. The van der Waals surface area contributed by atoms with Crippen LogP contribution in [0.5, 0.6) is 5.75 Å². The molecule has 4 aromatic carbocycles. The number of fused-ring (bicyclic) bond motifs is 2. The molecule has 0 aliphatic carbocycles. The number of amides is 2. The second-order valence-electron chi connectivity index (χ2n) is 14.5. The second kappa shape index (κ2) is 15.4. The highest BCUT2D eigenvalue weighted by atomic mass is 35.5. The Labute approximate surface area is 326 Å². The molecule has 1 saturated heterocycles. The third-order valence-electron chi connectivity index (χ3n) is 11.4. The van der Waals surface area contributed by atoms with Crippen molar-refractivity contribution in [3.8, 4) is 17.0 Å². The smallest absolute Gasteiger partial charge is 0.260 e. The summed E-state index contributed by atoms with van der Waals surface area (Å²) in [6.07, 6.45) is 2.53. The van der Waals surface area contributed by atoms with Gasteiger partial charge in [0.15, 0.2) is 0 Å². The maximum absolute atomic E-state index is 14.9. The van der Waals surface area contributed by atoms with Crippen LogP contribution in [0.1, 0.15) is 48.7 Å². The van der Waals surface area contributed by atoms with Crippen LogP contribution in [-0.2, 0) is 31.3 Å². The molecule has 1 unspecified atom stereocenters. The number of nitrogens with one attached hydrogen (secondary N) is 1. The fourth-order valence-corrected chi connectivity index (χ4v) is 8.23. The van der Waals surface area contributed by atoms with E-state index in [0.29, 0.717) is 48.0 Å². The van der Waals surface area contributed by atoms with Crippen LogP contribution in [-0.4, -0.2) is 82.4 Å². The Morgan fingerprint density at radius 2 is 1.76 bits per heavy atom. The number of benzene rings is 4. The zero-order valence-corrected chi connectivity index (χ0v) is 32.4. The minimum atomic E-state index is -0.169. The fraction of sp³-hybridized carbons (Fsp3) is 0.295. The molecule has 10 nitrogen and oxygen atoms in total. The topological polar surface area (TPSA) is 95.9 Å². The van der Waals surface area contributed by atoms with E-state index in [0.717, 1.165) is 76.5 Å². The highest BCUT2D eigenvalue weighted by molar-refractivity contribution is 6.31. The van der Waals surface area contributed by atoms with Crippen molar-refractivity contribution in [3.05, 3.63) is 135 Å². The molecule has 2 aromatic heterocycles. The summed E-state index contributed by atoms with van der Waals surface area (Å²) in [6.45, 7) is 8.62. The predicted molar refractivity (Wildman–Crippen MR) is 216 cm³/mol. The van der Waals surface area contributed by atoms with Crippen LogP contribution in [0, 0.1) is 13.8 Å². The fourth-order valence-electron chi connectivity index (χ4n) is 8.06. The first kappa shape index (κ1) is 36.6. The van der Waals surface area contributed by atoms with Crippen LogP contribution < -0.4 is 9.64 Å². The lowest BCUT2D eigenvalue weighted by Crippen LogP contribution is -2.52. The van der Waals surface area contributed by atoms with Crippen molar-refractivity contribution < 1.29 is 19.1 Å². The van der Waals surface area contributed by atoms with E-state index in [1.807, 2.05) is 91.0 Å². The third kappa shape index (κ3) is 7.13. The number of anilines is 1. The summed E-state index contributed by atoms with van der Waals surface area (Å²) in [5, 5.41) is 8.62. The van der Waals surface area contributed by atoms with Crippen LogP contribution in [0.3, 0.4) is 0 Å². The molecule has 0 saturated carbocycles. The van der Waals surface area contributed by atoms with Gasteiger partial charge in [-0.3, -0.25) is 19.6 Å². The summed E-state index contributed by atoms with van der Waals surface area (Å²) in [5.41, 5.74) is 9.25. The van der Waals surface area contributed by atoms with Gasteiger partial charge in [0, 0.05) is 77.9 Å². The molecule has 1 fully saturated rings. The van der Waals surface area contributed by atoms with Gasteiger partial charge in [-0.1, -0.05) is 48.0 Å². The molecule has 2 aliphatic heterocycles. The van der Waals surface area contributed by atoms with Gasteiger partial charge in [0.2, 0.25) is 0 Å². The van der Waals surface area contributed by atoms with Gasteiger partial charge < -0.3 is 23.8 Å². The number of H-pyrrole nitrogens is 1. The van der Waals surface area contributed by atoms with Crippen molar-refractivity contribution in [1.82, 2.24) is 24.6 Å². The zero-order chi connectivity index (χ0) is 38.2. The average Bonchev–Trinajstić information content (AvgIpc) is 3.80. The molecule has 55 heavy (non-hydrogen) atoms. The first-order chi connectivity index (χ1) is 26.7. The molecule has 1 N–H and O–H groups in total.